The summed E-state index contributed by atoms with van der Waals surface area (Å²) in [6.07, 6.45) is 0. The number of nitrogens with zero attached hydrogens (tertiary/aromatic N) is 4. The summed E-state index contributed by atoms with van der Waals surface area (Å²) in [6, 6.07) is 7.63. The lowest BCUT2D eigenvalue weighted by molar-refractivity contribution is -0.115. The molecule has 4 N–H and O–H groups in total. The number of primary amides is 1. The number of rotatable bonds is 6. The molecule has 0 fully saturated rings. The highest BCUT2D eigenvalue weighted by molar-refractivity contribution is 8.03. The molecule has 118 valence electrons. The van der Waals surface area contributed by atoms with E-state index in [1.54, 1.807) is 0 Å². The van der Waals surface area contributed by atoms with E-state index in [0.717, 1.165) is 15.2 Å². The van der Waals surface area contributed by atoms with Crippen molar-refractivity contribution in [2.24, 2.45) is 5.73 Å². The molecule has 0 spiro atoms. The van der Waals surface area contributed by atoms with Crippen molar-refractivity contribution in [3.05, 3.63) is 30.1 Å². The molecule has 0 aliphatic heterocycles. The van der Waals surface area contributed by atoms with E-state index in [4.69, 9.17) is 11.5 Å². The molecule has 23 heavy (non-hydrogen) atoms. The molecule has 7 nitrogen and oxygen atoms in total. The monoisotopic (exact) mass is 364 g/mol. The Bertz CT molecular complexity index is 853. The Labute approximate surface area is 144 Å². The van der Waals surface area contributed by atoms with Crippen LogP contribution in [0.15, 0.2) is 32.9 Å². The summed E-state index contributed by atoms with van der Waals surface area (Å²) < 4.78 is 1.50. The lowest BCUT2D eigenvalue weighted by Crippen LogP contribution is -2.12. The van der Waals surface area contributed by atoms with E-state index in [1.165, 1.54) is 34.9 Å². The van der Waals surface area contributed by atoms with Crippen molar-refractivity contribution in [2.75, 3.05) is 11.5 Å². The van der Waals surface area contributed by atoms with Crippen LogP contribution in [0.1, 0.15) is 5.82 Å². The molecule has 0 saturated carbocycles. The van der Waals surface area contributed by atoms with Crippen LogP contribution in [0.3, 0.4) is 0 Å². The van der Waals surface area contributed by atoms with E-state index >= 15 is 0 Å². The van der Waals surface area contributed by atoms with Gasteiger partial charge in [-0.1, -0.05) is 47.0 Å². The highest BCUT2D eigenvalue weighted by Crippen LogP contribution is 2.30. The van der Waals surface area contributed by atoms with Crippen LogP contribution < -0.4 is 11.5 Å². The number of aromatic nitrogens is 4. The Morgan fingerprint density at radius 1 is 1.13 bits per heavy atom. The second-order valence-corrected chi connectivity index (χ2v) is 7.84. The molecule has 2 aromatic heterocycles. The zero-order valence-corrected chi connectivity index (χ0v) is 14.2. The number of nitrogen functional groups attached to an aromatic ring is 1. The quantitative estimate of drug-likeness (QED) is 0.637. The van der Waals surface area contributed by atoms with Crippen LogP contribution in [0, 0.1) is 0 Å². The van der Waals surface area contributed by atoms with Crippen LogP contribution in [0.4, 0.5) is 5.82 Å². The van der Waals surface area contributed by atoms with Gasteiger partial charge in [0.1, 0.15) is 11.6 Å². The summed E-state index contributed by atoms with van der Waals surface area (Å²) in [5, 5.41) is 8.92. The first-order valence-corrected chi connectivity index (χ1v) is 9.29. The number of anilines is 1. The maximum absolute atomic E-state index is 10.8. The topological polar surface area (TPSA) is 121 Å². The standard InChI is InChI=1S/C13H12N6OS3/c14-9(20)5-21-12-18-19-13(23-12)22-6-10-16-8-4-2-1-3-7(8)11(15)17-10/h1-4H,5-6H2,(H2,14,20)(H2,15,16,17). The van der Waals surface area contributed by atoms with Gasteiger partial charge in [-0.05, 0) is 12.1 Å². The highest BCUT2D eigenvalue weighted by atomic mass is 32.2. The first-order valence-electron chi connectivity index (χ1n) is 6.50. The Hall–Kier alpha value is -1.91. The zero-order chi connectivity index (χ0) is 16.2. The van der Waals surface area contributed by atoms with E-state index in [9.17, 15) is 4.79 Å². The van der Waals surface area contributed by atoms with Crippen LogP contribution in [0.25, 0.3) is 10.9 Å². The largest absolute Gasteiger partial charge is 0.383 e. The number of carbonyl (C=O) groups is 1. The number of thioether (sulfide) groups is 2. The third kappa shape index (κ3) is 4.09. The maximum atomic E-state index is 10.8. The first kappa shape index (κ1) is 16.0. The fourth-order valence-electron chi connectivity index (χ4n) is 1.79. The third-order valence-corrected chi connectivity index (χ3v) is 5.94. The molecule has 0 saturated heterocycles. The number of nitrogens with two attached hydrogens (primary N) is 2. The van der Waals surface area contributed by atoms with E-state index in [-0.39, 0.29) is 11.7 Å². The van der Waals surface area contributed by atoms with Crippen molar-refractivity contribution in [1.82, 2.24) is 20.2 Å². The molecule has 0 radical (unpaired) electrons. The smallest absolute Gasteiger partial charge is 0.227 e. The van der Waals surface area contributed by atoms with Crippen molar-refractivity contribution < 1.29 is 4.79 Å². The van der Waals surface area contributed by atoms with Gasteiger partial charge in [0.2, 0.25) is 5.91 Å². The minimum atomic E-state index is -0.376. The van der Waals surface area contributed by atoms with E-state index in [1.807, 2.05) is 24.3 Å². The summed E-state index contributed by atoms with van der Waals surface area (Å²) in [4.78, 5) is 19.6. The van der Waals surface area contributed by atoms with Gasteiger partial charge in [-0.3, -0.25) is 4.79 Å². The molecule has 10 heteroatoms. The Kier molecular flexibility index (Phi) is 4.94. The van der Waals surface area contributed by atoms with Gasteiger partial charge in [0, 0.05) is 5.39 Å². The number of benzene rings is 1. The number of hydrogen-bond acceptors (Lipinski definition) is 9. The molecular weight excluding hydrogens is 352 g/mol. The predicted octanol–water partition coefficient (Wildman–Crippen LogP) is 1.93. The summed E-state index contributed by atoms with van der Waals surface area (Å²) in [6.45, 7) is 0. The number of para-hydroxylation sites is 1. The molecule has 3 aromatic rings. The summed E-state index contributed by atoms with van der Waals surface area (Å²) in [5.41, 5.74) is 11.9. The van der Waals surface area contributed by atoms with Crippen LogP contribution in [-0.2, 0) is 10.5 Å². The lowest BCUT2D eigenvalue weighted by Gasteiger charge is -2.03. The van der Waals surface area contributed by atoms with Gasteiger partial charge < -0.3 is 11.5 Å². The summed E-state index contributed by atoms with van der Waals surface area (Å²) >= 11 is 4.17. The van der Waals surface area contributed by atoms with Gasteiger partial charge >= 0.3 is 0 Å². The van der Waals surface area contributed by atoms with Gasteiger partial charge in [-0.2, -0.15) is 0 Å². The molecule has 0 bridgehead atoms. The second kappa shape index (κ2) is 7.11. The molecule has 2 heterocycles. The lowest BCUT2D eigenvalue weighted by atomic mass is 10.2. The Morgan fingerprint density at radius 3 is 2.65 bits per heavy atom. The molecule has 0 unspecified atom stereocenters. The van der Waals surface area contributed by atoms with Gasteiger partial charge in [0.05, 0.1) is 17.0 Å². The normalized spacial score (nSPS) is 11.0. The summed E-state index contributed by atoms with van der Waals surface area (Å²) in [5.74, 6) is 1.49. The molecule has 3 rings (SSSR count). The molecule has 0 atom stereocenters. The van der Waals surface area contributed by atoms with Gasteiger partial charge in [-0.15, -0.1) is 10.2 Å². The second-order valence-electron chi connectivity index (χ2n) is 4.42. The van der Waals surface area contributed by atoms with E-state index in [0.29, 0.717) is 21.7 Å². The van der Waals surface area contributed by atoms with Crippen molar-refractivity contribution in [3.63, 3.8) is 0 Å². The Balaban J connectivity index is 1.67. The van der Waals surface area contributed by atoms with Crippen molar-refractivity contribution >= 4 is 57.5 Å². The predicted molar refractivity (Wildman–Crippen MR) is 93.3 cm³/mol. The van der Waals surface area contributed by atoms with E-state index in [2.05, 4.69) is 20.2 Å². The van der Waals surface area contributed by atoms with Crippen molar-refractivity contribution in [1.29, 1.82) is 0 Å². The fourth-order valence-corrected chi connectivity index (χ4v) is 4.40. The van der Waals surface area contributed by atoms with Crippen LogP contribution >= 0.6 is 34.9 Å². The minimum absolute atomic E-state index is 0.198. The first-order chi connectivity index (χ1) is 11.1. The van der Waals surface area contributed by atoms with Crippen molar-refractivity contribution in [3.8, 4) is 0 Å². The third-order valence-electron chi connectivity index (χ3n) is 2.73. The zero-order valence-electron chi connectivity index (χ0n) is 11.8. The Morgan fingerprint density at radius 2 is 1.87 bits per heavy atom. The average molecular weight is 364 g/mol. The van der Waals surface area contributed by atoms with Crippen LogP contribution in [0.2, 0.25) is 0 Å². The molecular formula is C13H12N6OS3. The molecule has 1 aromatic carbocycles. The molecule has 0 aliphatic carbocycles. The SMILES string of the molecule is NC(=O)CSc1nnc(SCc2nc(N)c3ccccc3n2)s1. The number of hydrogen-bond donors (Lipinski definition) is 2. The van der Waals surface area contributed by atoms with Crippen molar-refractivity contribution in [2.45, 2.75) is 14.4 Å². The molecule has 1 amide bonds. The minimum Gasteiger partial charge on any atom is -0.383 e. The van der Waals surface area contributed by atoms with E-state index < -0.39 is 0 Å². The van der Waals surface area contributed by atoms with Gasteiger partial charge in [0.25, 0.3) is 0 Å². The average Bonchev–Trinajstić information content (AvgIpc) is 2.99. The number of carbonyl (C=O) groups excluding carboxylic acids is 1. The maximum Gasteiger partial charge on any atom is 0.227 e. The van der Waals surface area contributed by atoms with Crippen LogP contribution in [-0.4, -0.2) is 31.8 Å². The van der Waals surface area contributed by atoms with Crippen LogP contribution in [0.5, 0.6) is 0 Å². The number of fused-ring (bicyclic) bond motifs is 1. The fraction of sp³-hybridized carbons (Fsp3) is 0.154. The molecule has 0 aliphatic rings. The van der Waals surface area contributed by atoms with Gasteiger partial charge in [-0.25, -0.2) is 9.97 Å². The van der Waals surface area contributed by atoms with Gasteiger partial charge in [0.15, 0.2) is 8.68 Å². The highest BCUT2D eigenvalue weighted by Gasteiger charge is 2.09. The summed E-state index contributed by atoms with van der Waals surface area (Å²) in [7, 11) is 0. The number of amides is 1.